The molecule has 1 aliphatic carbocycles. The SMILES string of the molecule is CS(=O)(=O)NC1CCCC1CNc1cnc(C#N)cn1. The second-order valence-corrected chi connectivity index (χ2v) is 6.75. The summed E-state index contributed by atoms with van der Waals surface area (Å²) in [7, 11) is -3.17. The van der Waals surface area contributed by atoms with Crippen LogP contribution in [0.15, 0.2) is 12.4 Å². The van der Waals surface area contributed by atoms with Crippen molar-refractivity contribution in [2.45, 2.75) is 25.3 Å². The minimum atomic E-state index is -3.17. The van der Waals surface area contributed by atoms with Crippen molar-refractivity contribution >= 4 is 15.8 Å². The van der Waals surface area contributed by atoms with Gasteiger partial charge in [-0.15, -0.1) is 0 Å². The van der Waals surface area contributed by atoms with Crippen LogP contribution in [0.25, 0.3) is 0 Å². The molecule has 20 heavy (non-hydrogen) atoms. The third-order valence-corrected chi connectivity index (χ3v) is 4.07. The Kier molecular flexibility index (Phi) is 4.52. The van der Waals surface area contributed by atoms with Gasteiger partial charge in [-0.1, -0.05) is 6.42 Å². The first-order valence-corrected chi connectivity index (χ1v) is 8.30. The molecule has 1 fully saturated rings. The second kappa shape index (κ2) is 6.15. The maximum atomic E-state index is 11.3. The molecule has 2 N–H and O–H groups in total. The van der Waals surface area contributed by atoms with Crippen LogP contribution >= 0.6 is 0 Å². The molecule has 0 aromatic carbocycles. The molecule has 8 heteroatoms. The van der Waals surface area contributed by atoms with Crippen LogP contribution in [0.2, 0.25) is 0 Å². The smallest absolute Gasteiger partial charge is 0.208 e. The monoisotopic (exact) mass is 295 g/mol. The van der Waals surface area contributed by atoms with E-state index < -0.39 is 10.0 Å². The standard InChI is InChI=1S/C12H17N5O2S/c1-20(18,19)17-11-4-2-3-9(11)6-15-12-8-14-10(5-13)7-16-12/h7-9,11,17H,2-4,6H2,1H3,(H,15,16). The third-order valence-electron chi connectivity index (χ3n) is 3.34. The number of aromatic nitrogens is 2. The molecule has 0 aliphatic heterocycles. The van der Waals surface area contributed by atoms with E-state index in [1.807, 2.05) is 6.07 Å². The lowest BCUT2D eigenvalue weighted by atomic mass is 10.1. The summed E-state index contributed by atoms with van der Waals surface area (Å²) in [6.45, 7) is 0.633. The molecular weight excluding hydrogens is 278 g/mol. The Balaban J connectivity index is 1.90. The largest absolute Gasteiger partial charge is 0.368 e. The van der Waals surface area contributed by atoms with Crippen LogP contribution in [0.5, 0.6) is 0 Å². The highest BCUT2D eigenvalue weighted by atomic mass is 32.2. The van der Waals surface area contributed by atoms with Gasteiger partial charge < -0.3 is 5.32 Å². The van der Waals surface area contributed by atoms with E-state index in [-0.39, 0.29) is 17.7 Å². The highest BCUT2D eigenvalue weighted by Crippen LogP contribution is 2.26. The van der Waals surface area contributed by atoms with E-state index in [9.17, 15) is 8.42 Å². The van der Waals surface area contributed by atoms with Crippen molar-refractivity contribution in [3.63, 3.8) is 0 Å². The van der Waals surface area contributed by atoms with Crippen molar-refractivity contribution in [2.24, 2.45) is 5.92 Å². The van der Waals surface area contributed by atoms with Crippen molar-refractivity contribution in [3.05, 3.63) is 18.1 Å². The minimum absolute atomic E-state index is 0.0242. The van der Waals surface area contributed by atoms with E-state index in [4.69, 9.17) is 5.26 Å². The lowest BCUT2D eigenvalue weighted by Gasteiger charge is -2.20. The number of nitriles is 1. The highest BCUT2D eigenvalue weighted by Gasteiger charge is 2.29. The normalized spacial score (nSPS) is 22.4. The van der Waals surface area contributed by atoms with E-state index in [1.54, 1.807) is 0 Å². The summed E-state index contributed by atoms with van der Waals surface area (Å²) in [6.07, 6.45) is 6.94. The van der Waals surface area contributed by atoms with Gasteiger partial charge in [0.1, 0.15) is 11.9 Å². The third kappa shape index (κ3) is 4.15. The van der Waals surface area contributed by atoms with Crippen LogP contribution in [0, 0.1) is 17.2 Å². The zero-order valence-corrected chi connectivity index (χ0v) is 12.0. The summed E-state index contributed by atoms with van der Waals surface area (Å²) < 4.78 is 25.3. The maximum absolute atomic E-state index is 11.3. The van der Waals surface area contributed by atoms with Crippen LogP contribution in [-0.2, 0) is 10.0 Å². The van der Waals surface area contributed by atoms with Crippen LogP contribution in [0.4, 0.5) is 5.82 Å². The number of hydrogen-bond acceptors (Lipinski definition) is 6. The van der Waals surface area contributed by atoms with Gasteiger partial charge in [0.05, 0.1) is 18.6 Å². The Morgan fingerprint density at radius 2 is 2.20 bits per heavy atom. The molecule has 0 amide bonds. The molecular formula is C12H17N5O2S. The number of hydrogen-bond donors (Lipinski definition) is 2. The number of rotatable bonds is 5. The fraction of sp³-hybridized carbons (Fsp3) is 0.583. The molecule has 1 aliphatic rings. The zero-order chi connectivity index (χ0) is 14.6. The average Bonchev–Trinajstić information content (AvgIpc) is 2.82. The summed E-state index contributed by atoms with van der Waals surface area (Å²) in [4.78, 5) is 8.00. The molecule has 1 heterocycles. The van der Waals surface area contributed by atoms with Gasteiger partial charge in [-0.2, -0.15) is 5.26 Å². The van der Waals surface area contributed by atoms with Gasteiger partial charge in [-0.25, -0.2) is 23.1 Å². The first-order chi connectivity index (χ1) is 9.48. The quantitative estimate of drug-likeness (QED) is 0.818. The van der Waals surface area contributed by atoms with Crippen LogP contribution in [0.3, 0.4) is 0 Å². The Morgan fingerprint density at radius 1 is 1.40 bits per heavy atom. The molecule has 0 saturated heterocycles. The van der Waals surface area contributed by atoms with E-state index in [0.29, 0.717) is 12.4 Å². The van der Waals surface area contributed by atoms with Crippen LogP contribution < -0.4 is 10.0 Å². The maximum Gasteiger partial charge on any atom is 0.208 e. The second-order valence-electron chi connectivity index (χ2n) is 4.97. The minimum Gasteiger partial charge on any atom is -0.368 e. The van der Waals surface area contributed by atoms with E-state index >= 15 is 0 Å². The summed E-state index contributed by atoms with van der Waals surface area (Å²) >= 11 is 0. The van der Waals surface area contributed by atoms with Crippen molar-refractivity contribution in [2.75, 3.05) is 18.1 Å². The lowest BCUT2D eigenvalue weighted by Crippen LogP contribution is -2.39. The highest BCUT2D eigenvalue weighted by molar-refractivity contribution is 7.88. The van der Waals surface area contributed by atoms with Crippen molar-refractivity contribution in [1.82, 2.24) is 14.7 Å². The van der Waals surface area contributed by atoms with Gasteiger partial charge in [-0.3, -0.25) is 0 Å². The number of sulfonamides is 1. The average molecular weight is 295 g/mol. The number of anilines is 1. The summed E-state index contributed by atoms with van der Waals surface area (Å²) in [5, 5.41) is 11.8. The van der Waals surface area contributed by atoms with Gasteiger partial charge in [-0.05, 0) is 18.8 Å². The van der Waals surface area contributed by atoms with E-state index in [1.165, 1.54) is 18.6 Å². The van der Waals surface area contributed by atoms with Gasteiger partial charge in [0, 0.05) is 12.6 Å². The molecule has 1 aromatic rings. The molecule has 0 spiro atoms. The van der Waals surface area contributed by atoms with Gasteiger partial charge >= 0.3 is 0 Å². The van der Waals surface area contributed by atoms with E-state index in [2.05, 4.69) is 20.0 Å². The topological polar surface area (TPSA) is 108 Å². The fourth-order valence-electron chi connectivity index (χ4n) is 2.42. The van der Waals surface area contributed by atoms with Crippen molar-refractivity contribution in [1.29, 1.82) is 5.26 Å². The molecule has 1 aromatic heterocycles. The summed E-state index contributed by atoms with van der Waals surface area (Å²) in [6, 6.07) is 1.88. The fourth-order valence-corrected chi connectivity index (χ4v) is 3.28. The molecule has 2 rings (SSSR count). The first-order valence-electron chi connectivity index (χ1n) is 6.41. The summed E-state index contributed by atoms with van der Waals surface area (Å²) in [5.41, 5.74) is 0.271. The van der Waals surface area contributed by atoms with Gasteiger partial charge in [0.25, 0.3) is 0 Å². The van der Waals surface area contributed by atoms with Crippen molar-refractivity contribution < 1.29 is 8.42 Å². The number of nitrogens with one attached hydrogen (secondary N) is 2. The predicted octanol–water partition coefficient (Wildman–Crippen LogP) is 0.478. The van der Waals surface area contributed by atoms with E-state index in [0.717, 1.165) is 19.3 Å². The molecule has 7 nitrogen and oxygen atoms in total. The van der Waals surface area contributed by atoms with Gasteiger partial charge in [0.2, 0.25) is 10.0 Å². The zero-order valence-electron chi connectivity index (χ0n) is 11.2. The first kappa shape index (κ1) is 14.7. The molecule has 2 atom stereocenters. The number of nitrogens with zero attached hydrogens (tertiary/aromatic N) is 3. The van der Waals surface area contributed by atoms with Crippen LogP contribution in [0.1, 0.15) is 25.0 Å². The molecule has 0 bridgehead atoms. The van der Waals surface area contributed by atoms with Gasteiger partial charge in [0.15, 0.2) is 5.69 Å². The Bertz CT molecular complexity index is 593. The Hall–Kier alpha value is -1.72. The molecule has 108 valence electrons. The molecule has 1 saturated carbocycles. The Morgan fingerprint density at radius 3 is 2.80 bits per heavy atom. The lowest BCUT2D eigenvalue weighted by molar-refractivity contribution is 0.463. The van der Waals surface area contributed by atoms with Crippen LogP contribution in [-0.4, -0.2) is 37.2 Å². The predicted molar refractivity (Wildman–Crippen MR) is 74.3 cm³/mol. The van der Waals surface area contributed by atoms with Crippen molar-refractivity contribution in [3.8, 4) is 6.07 Å². The summed E-state index contributed by atoms with van der Waals surface area (Å²) in [5.74, 6) is 0.830. The Labute approximate surface area is 118 Å². The molecule has 0 radical (unpaired) electrons. The molecule has 2 unspecified atom stereocenters.